The molecule has 0 saturated carbocycles. The second kappa shape index (κ2) is 3.47. The molecule has 3 aliphatic rings. The van der Waals surface area contributed by atoms with Gasteiger partial charge in [0.25, 0.3) is 0 Å². The van der Waals surface area contributed by atoms with Crippen LogP contribution in [0.25, 0.3) is 0 Å². The summed E-state index contributed by atoms with van der Waals surface area (Å²) in [5.74, 6) is 0.870. The van der Waals surface area contributed by atoms with Gasteiger partial charge < -0.3 is 10.1 Å². The van der Waals surface area contributed by atoms with E-state index in [0.717, 1.165) is 24.6 Å². The fourth-order valence-electron chi connectivity index (χ4n) is 3.29. The summed E-state index contributed by atoms with van der Waals surface area (Å²) in [6.07, 6.45) is 3.19. The number of rotatable bonds is 2. The van der Waals surface area contributed by atoms with E-state index < -0.39 is 0 Å². The van der Waals surface area contributed by atoms with Gasteiger partial charge in [-0.05, 0) is 38.8 Å². The van der Waals surface area contributed by atoms with Gasteiger partial charge in [-0.1, -0.05) is 0 Å². The molecule has 2 bridgehead atoms. The van der Waals surface area contributed by atoms with Crippen LogP contribution in [-0.4, -0.2) is 49.3 Å². The summed E-state index contributed by atoms with van der Waals surface area (Å²) in [6, 6.07) is 1.49. The lowest BCUT2D eigenvalue weighted by Gasteiger charge is -2.35. The maximum Gasteiger partial charge on any atom is 0.0718 e. The van der Waals surface area contributed by atoms with Crippen molar-refractivity contribution in [1.82, 2.24) is 10.2 Å². The highest BCUT2D eigenvalue weighted by Gasteiger charge is 2.42. The number of morpholine rings is 1. The van der Waals surface area contributed by atoms with Crippen molar-refractivity contribution >= 4 is 0 Å². The first-order valence-electron chi connectivity index (χ1n) is 5.92. The van der Waals surface area contributed by atoms with Crippen molar-refractivity contribution in [2.24, 2.45) is 5.92 Å². The van der Waals surface area contributed by atoms with Crippen molar-refractivity contribution < 1.29 is 4.74 Å². The normalized spacial score (nSPS) is 44.8. The number of hydrogen-bond acceptors (Lipinski definition) is 3. The highest BCUT2D eigenvalue weighted by molar-refractivity contribution is 4.96. The molecule has 3 heterocycles. The smallest absolute Gasteiger partial charge is 0.0718 e. The molecule has 14 heavy (non-hydrogen) atoms. The molecule has 1 N–H and O–H groups in total. The van der Waals surface area contributed by atoms with Crippen LogP contribution in [0, 0.1) is 5.92 Å². The van der Waals surface area contributed by atoms with E-state index in [-0.39, 0.29) is 0 Å². The van der Waals surface area contributed by atoms with E-state index in [4.69, 9.17) is 4.74 Å². The molecule has 0 aromatic rings. The van der Waals surface area contributed by atoms with Gasteiger partial charge in [0.1, 0.15) is 0 Å². The van der Waals surface area contributed by atoms with Crippen LogP contribution in [0.1, 0.15) is 19.8 Å². The molecule has 3 rings (SSSR count). The molecule has 3 saturated heterocycles. The van der Waals surface area contributed by atoms with Crippen molar-refractivity contribution in [1.29, 1.82) is 0 Å². The fourth-order valence-corrected chi connectivity index (χ4v) is 3.29. The molecule has 4 atom stereocenters. The van der Waals surface area contributed by atoms with Crippen molar-refractivity contribution in [2.75, 3.05) is 26.2 Å². The summed E-state index contributed by atoms with van der Waals surface area (Å²) in [5.41, 5.74) is 0. The Kier molecular flexibility index (Phi) is 2.26. The van der Waals surface area contributed by atoms with Crippen molar-refractivity contribution in [3.05, 3.63) is 0 Å². The first-order valence-corrected chi connectivity index (χ1v) is 5.92. The number of nitrogens with zero attached hydrogens (tertiary/aromatic N) is 1. The van der Waals surface area contributed by atoms with Gasteiger partial charge in [0.15, 0.2) is 0 Å². The summed E-state index contributed by atoms with van der Waals surface area (Å²) in [4.78, 5) is 2.69. The van der Waals surface area contributed by atoms with Crippen molar-refractivity contribution in [3.8, 4) is 0 Å². The highest BCUT2D eigenvalue weighted by Crippen LogP contribution is 2.32. The van der Waals surface area contributed by atoms with Crippen LogP contribution in [0.5, 0.6) is 0 Å². The third-order valence-corrected chi connectivity index (χ3v) is 4.25. The SMILES string of the molecule is CC(C1CCNC1)N1CC2CC1CO2. The zero-order chi connectivity index (χ0) is 9.54. The standard InChI is InChI=1S/C11H20N2O/c1-8(9-2-3-12-5-9)13-6-11-4-10(13)7-14-11/h8-12H,2-7H2,1H3. The second-order valence-corrected chi connectivity index (χ2v) is 5.04. The van der Waals surface area contributed by atoms with Gasteiger partial charge in [-0.15, -0.1) is 0 Å². The predicted molar refractivity (Wildman–Crippen MR) is 55.3 cm³/mol. The largest absolute Gasteiger partial charge is 0.375 e. The van der Waals surface area contributed by atoms with Gasteiger partial charge in [-0.3, -0.25) is 4.90 Å². The summed E-state index contributed by atoms with van der Waals surface area (Å²) in [7, 11) is 0. The minimum Gasteiger partial charge on any atom is -0.375 e. The minimum atomic E-state index is 0.553. The molecule has 3 heteroatoms. The van der Waals surface area contributed by atoms with Crippen LogP contribution in [0.3, 0.4) is 0 Å². The monoisotopic (exact) mass is 196 g/mol. The van der Waals surface area contributed by atoms with E-state index in [1.54, 1.807) is 0 Å². The molecular formula is C11H20N2O. The number of hydrogen-bond donors (Lipinski definition) is 1. The zero-order valence-electron chi connectivity index (χ0n) is 8.91. The molecule has 80 valence electrons. The molecule has 0 aromatic carbocycles. The Bertz CT molecular complexity index is 215. The average Bonchev–Trinajstić information content (AvgIpc) is 2.93. The highest BCUT2D eigenvalue weighted by atomic mass is 16.5. The first kappa shape index (κ1) is 9.13. The Balaban J connectivity index is 1.64. The molecule has 4 unspecified atom stereocenters. The average molecular weight is 196 g/mol. The van der Waals surface area contributed by atoms with E-state index in [2.05, 4.69) is 17.1 Å². The molecule has 3 aliphatic heterocycles. The molecule has 0 radical (unpaired) electrons. The summed E-state index contributed by atoms with van der Waals surface area (Å²) in [6.45, 7) is 7.00. The third-order valence-electron chi connectivity index (χ3n) is 4.25. The van der Waals surface area contributed by atoms with Crippen LogP contribution >= 0.6 is 0 Å². The Morgan fingerprint density at radius 2 is 2.43 bits per heavy atom. The Hall–Kier alpha value is -0.120. The third kappa shape index (κ3) is 1.38. The van der Waals surface area contributed by atoms with Crippen LogP contribution in [0.4, 0.5) is 0 Å². The molecule has 3 nitrogen and oxygen atoms in total. The molecular weight excluding hydrogens is 176 g/mol. The topological polar surface area (TPSA) is 24.5 Å². The molecule has 0 aliphatic carbocycles. The predicted octanol–water partition coefficient (Wildman–Crippen LogP) is 0.458. The van der Waals surface area contributed by atoms with Gasteiger partial charge in [-0.25, -0.2) is 0 Å². The second-order valence-electron chi connectivity index (χ2n) is 5.04. The zero-order valence-corrected chi connectivity index (χ0v) is 8.91. The van der Waals surface area contributed by atoms with Gasteiger partial charge in [-0.2, -0.15) is 0 Å². The van der Waals surface area contributed by atoms with E-state index >= 15 is 0 Å². The van der Waals surface area contributed by atoms with Gasteiger partial charge in [0.2, 0.25) is 0 Å². The number of ether oxygens (including phenoxy) is 1. The van der Waals surface area contributed by atoms with Gasteiger partial charge in [0.05, 0.1) is 12.7 Å². The van der Waals surface area contributed by atoms with Crippen LogP contribution in [-0.2, 0) is 4.74 Å². The Morgan fingerprint density at radius 1 is 1.50 bits per heavy atom. The van der Waals surface area contributed by atoms with E-state index in [0.29, 0.717) is 6.10 Å². The summed E-state index contributed by atoms with van der Waals surface area (Å²) < 4.78 is 5.64. The van der Waals surface area contributed by atoms with Crippen molar-refractivity contribution in [2.45, 2.75) is 38.0 Å². The van der Waals surface area contributed by atoms with Gasteiger partial charge in [0, 0.05) is 18.6 Å². The maximum absolute atomic E-state index is 5.64. The lowest BCUT2D eigenvalue weighted by Crippen LogP contribution is -2.46. The fraction of sp³-hybridized carbons (Fsp3) is 1.00. The lowest BCUT2D eigenvalue weighted by molar-refractivity contribution is 0.00456. The van der Waals surface area contributed by atoms with E-state index in [1.165, 1.54) is 32.5 Å². The van der Waals surface area contributed by atoms with Crippen LogP contribution < -0.4 is 5.32 Å². The van der Waals surface area contributed by atoms with E-state index in [9.17, 15) is 0 Å². The number of likely N-dealkylation sites (tertiary alicyclic amines) is 1. The molecule has 0 spiro atoms. The number of fused-ring (bicyclic) bond motifs is 2. The summed E-state index contributed by atoms with van der Waals surface area (Å²) in [5, 5.41) is 3.46. The minimum absolute atomic E-state index is 0.553. The first-order chi connectivity index (χ1) is 6.84. The van der Waals surface area contributed by atoms with E-state index in [1.807, 2.05) is 0 Å². The Labute approximate surface area is 85.8 Å². The van der Waals surface area contributed by atoms with Gasteiger partial charge >= 0.3 is 0 Å². The quantitative estimate of drug-likeness (QED) is 0.694. The molecule has 0 aromatic heterocycles. The molecule has 0 amide bonds. The number of nitrogens with one attached hydrogen (secondary N) is 1. The maximum atomic E-state index is 5.64. The lowest BCUT2D eigenvalue weighted by atomic mass is 9.98. The Morgan fingerprint density at radius 3 is 3.00 bits per heavy atom. The molecule has 3 fully saturated rings. The van der Waals surface area contributed by atoms with Crippen LogP contribution in [0.15, 0.2) is 0 Å². The summed E-state index contributed by atoms with van der Waals surface area (Å²) >= 11 is 0. The van der Waals surface area contributed by atoms with Crippen molar-refractivity contribution in [3.63, 3.8) is 0 Å². The van der Waals surface area contributed by atoms with Crippen LogP contribution in [0.2, 0.25) is 0 Å².